The van der Waals surface area contributed by atoms with Crippen LogP contribution >= 0.6 is 0 Å². The predicted octanol–water partition coefficient (Wildman–Crippen LogP) is 1.73. The van der Waals surface area contributed by atoms with Crippen molar-refractivity contribution in [1.82, 2.24) is 10.2 Å². The lowest BCUT2D eigenvalue weighted by Gasteiger charge is -2.17. The Kier molecular flexibility index (Phi) is 6.30. The first-order valence-electron chi connectivity index (χ1n) is 6.76. The van der Waals surface area contributed by atoms with Gasteiger partial charge in [0, 0.05) is 13.1 Å². The molecule has 0 atom stereocenters. The number of benzene rings is 1. The molecule has 0 radical (unpaired) electrons. The van der Waals surface area contributed by atoms with E-state index in [-0.39, 0.29) is 18.0 Å². The van der Waals surface area contributed by atoms with Crippen LogP contribution in [0.15, 0.2) is 18.2 Å². The van der Waals surface area contributed by atoms with Gasteiger partial charge in [0.25, 0.3) is 0 Å². The Morgan fingerprint density at radius 2 is 2.05 bits per heavy atom. The number of carboxylic acids is 1. The van der Waals surface area contributed by atoms with Crippen molar-refractivity contribution in [2.75, 3.05) is 20.1 Å². The summed E-state index contributed by atoms with van der Waals surface area (Å²) in [6.07, 6.45) is 0. The topological polar surface area (TPSA) is 69.6 Å². The molecule has 0 saturated carbocycles. The molecular weight excluding hydrogens is 275 g/mol. The fourth-order valence-corrected chi connectivity index (χ4v) is 1.82. The van der Waals surface area contributed by atoms with Crippen molar-refractivity contribution in [2.45, 2.75) is 20.4 Å². The molecule has 1 rings (SSSR count). The van der Waals surface area contributed by atoms with Gasteiger partial charge in [-0.1, -0.05) is 19.9 Å². The second-order valence-electron chi connectivity index (χ2n) is 5.49. The van der Waals surface area contributed by atoms with Crippen LogP contribution < -0.4 is 5.32 Å². The van der Waals surface area contributed by atoms with Crippen LogP contribution in [0.5, 0.6) is 0 Å². The van der Waals surface area contributed by atoms with Crippen molar-refractivity contribution < 1.29 is 19.1 Å². The third-order valence-electron chi connectivity index (χ3n) is 2.84. The van der Waals surface area contributed by atoms with Crippen molar-refractivity contribution in [2.24, 2.45) is 5.92 Å². The van der Waals surface area contributed by atoms with Gasteiger partial charge in [-0.2, -0.15) is 0 Å². The highest BCUT2D eigenvalue weighted by Gasteiger charge is 2.12. The molecule has 0 aliphatic rings. The standard InChI is InChI=1S/C15H21FN2O3/c1-10(2)7-17-14(19)9-18(3)8-11-4-5-12(15(20)21)13(16)6-11/h4-6,10H,7-9H2,1-3H3,(H,17,19)(H,20,21). The van der Waals surface area contributed by atoms with Crippen LogP contribution in [0.25, 0.3) is 0 Å². The zero-order valence-corrected chi connectivity index (χ0v) is 12.5. The van der Waals surface area contributed by atoms with Gasteiger partial charge in [0.2, 0.25) is 5.91 Å². The first kappa shape index (κ1) is 17.1. The molecule has 0 bridgehead atoms. The third-order valence-corrected chi connectivity index (χ3v) is 2.84. The lowest BCUT2D eigenvalue weighted by Crippen LogP contribution is -2.36. The van der Waals surface area contributed by atoms with E-state index in [2.05, 4.69) is 5.32 Å². The van der Waals surface area contributed by atoms with E-state index < -0.39 is 11.8 Å². The molecule has 0 spiro atoms. The highest BCUT2D eigenvalue weighted by Crippen LogP contribution is 2.12. The molecular formula is C15H21FN2O3. The molecule has 0 heterocycles. The van der Waals surface area contributed by atoms with Crippen molar-refractivity contribution in [1.29, 1.82) is 0 Å². The monoisotopic (exact) mass is 296 g/mol. The van der Waals surface area contributed by atoms with E-state index in [0.29, 0.717) is 24.6 Å². The Morgan fingerprint density at radius 1 is 1.38 bits per heavy atom. The van der Waals surface area contributed by atoms with E-state index in [1.165, 1.54) is 12.1 Å². The average Bonchev–Trinajstić information content (AvgIpc) is 2.35. The zero-order valence-electron chi connectivity index (χ0n) is 12.5. The minimum Gasteiger partial charge on any atom is -0.478 e. The van der Waals surface area contributed by atoms with Crippen LogP contribution in [0.4, 0.5) is 4.39 Å². The first-order chi connectivity index (χ1) is 9.79. The Labute approximate surface area is 123 Å². The number of halogens is 1. The number of hydrogen-bond donors (Lipinski definition) is 2. The number of likely N-dealkylation sites (N-methyl/N-ethyl adjacent to an activating group) is 1. The number of carbonyl (C=O) groups excluding carboxylic acids is 1. The molecule has 0 aromatic heterocycles. The summed E-state index contributed by atoms with van der Waals surface area (Å²) in [7, 11) is 1.75. The van der Waals surface area contributed by atoms with Gasteiger partial charge in [0.1, 0.15) is 5.82 Å². The SMILES string of the molecule is CC(C)CNC(=O)CN(C)Cc1ccc(C(=O)O)c(F)c1. The summed E-state index contributed by atoms with van der Waals surface area (Å²) in [6, 6.07) is 3.97. The van der Waals surface area contributed by atoms with E-state index in [1.807, 2.05) is 13.8 Å². The molecule has 1 aromatic carbocycles. The molecule has 0 aliphatic heterocycles. The summed E-state index contributed by atoms with van der Waals surface area (Å²) >= 11 is 0. The molecule has 0 saturated heterocycles. The van der Waals surface area contributed by atoms with Gasteiger partial charge in [-0.15, -0.1) is 0 Å². The average molecular weight is 296 g/mol. The molecule has 5 nitrogen and oxygen atoms in total. The van der Waals surface area contributed by atoms with Crippen LogP contribution in [0.2, 0.25) is 0 Å². The maximum absolute atomic E-state index is 13.5. The molecule has 116 valence electrons. The molecule has 0 fully saturated rings. The summed E-state index contributed by atoms with van der Waals surface area (Å²) in [5.41, 5.74) is 0.271. The number of aromatic carboxylic acids is 1. The van der Waals surface area contributed by atoms with Crippen LogP contribution in [0.1, 0.15) is 29.8 Å². The Hall–Kier alpha value is -1.95. The molecule has 0 unspecified atom stereocenters. The fraction of sp³-hybridized carbons (Fsp3) is 0.467. The molecule has 0 aliphatic carbocycles. The number of hydrogen-bond acceptors (Lipinski definition) is 3. The van der Waals surface area contributed by atoms with Gasteiger partial charge < -0.3 is 10.4 Å². The molecule has 21 heavy (non-hydrogen) atoms. The van der Waals surface area contributed by atoms with Crippen LogP contribution in [-0.2, 0) is 11.3 Å². The number of carbonyl (C=O) groups is 2. The minimum absolute atomic E-state index is 0.0890. The predicted molar refractivity (Wildman–Crippen MR) is 77.5 cm³/mol. The number of amides is 1. The van der Waals surface area contributed by atoms with Gasteiger partial charge in [0.15, 0.2) is 0 Å². The minimum atomic E-state index is -1.29. The Bertz CT molecular complexity index is 518. The van der Waals surface area contributed by atoms with E-state index in [4.69, 9.17) is 5.11 Å². The highest BCUT2D eigenvalue weighted by atomic mass is 19.1. The Morgan fingerprint density at radius 3 is 2.57 bits per heavy atom. The van der Waals surface area contributed by atoms with Gasteiger partial charge in [-0.3, -0.25) is 9.69 Å². The van der Waals surface area contributed by atoms with Gasteiger partial charge in [-0.05, 0) is 30.7 Å². The van der Waals surface area contributed by atoms with Gasteiger partial charge in [-0.25, -0.2) is 9.18 Å². The quantitative estimate of drug-likeness (QED) is 0.804. The molecule has 6 heteroatoms. The molecule has 1 amide bonds. The van der Waals surface area contributed by atoms with Crippen LogP contribution in [-0.4, -0.2) is 42.0 Å². The lowest BCUT2D eigenvalue weighted by atomic mass is 10.1. The molecule has 1 aromatic rings. The van der Waals surface area contributed by atoms with Gasteiger partial charge >= 0.3 is 5.97 Å². The zero-order chi connectivity index (χ0) is 16.0. The van der Waals surface area contributed by atoms with E-state index in [0.717, 1.165) is 0 Å². The maximum Gasteiger partial charge on any atom is 0.338 e. The number of nitrogens with one attached hydrogen (secondary N) is 1. The van der Waals surface area contributed by atoms with Crippen molar-refractivity contribution in [3.05, 3.63) is 35.1 Å². The van der Waals surface area contributed by atoms with Crippen LogP contribution in [0, 0.1) is 11.7 Å². The lowest BCUT2D eigenvalue weighted by molar-refractivity contribution is -0.122. The summed E-state index contributed by atoms with van der Waals surface area (Å²) < 4.78 is 13.5. The second-order valence-corrected chi connectivity index (χ2v) is 5.49. The largest absolute Gasteiger partial charge is 0.478 e. The summed E-state index contributed by atoms with van der Waals surface area (Å²) in [5, 5.41) is 11.6. The first-order valence-corrected chi connectivity index (χ1v) is 6.76. The number of nitrogens with zero attached hydrogens (tertiary/aromatic N) is 1. The third kappa shape index (κ3) is 5.91. The van der Waals surface area contributed by atoms with Crippen molar-refractivity contribution >= 4 is 11.9 Å². The summed E-state index contributed by atoms with van der Waals surface area (Å²) in [4.78, 5) is 24.1. The van der Waals surface area contributed by atoms with Crippen LogP contribution in [0.3, 0.4) is 0 Å². The fourth-order valence-electron chi connectivity index (χ4n) is 1.82. The number of carboxylic acid groups (broad SMARTS) is 1. The smallest absolute Gasteiger partial charge is 0.338 e. The second kappa shape index (κ2) is 7.73. The Balaban J connectivity index is 2.55. The van der Waals surface area contributed by atoms with Crippen molar-refractivity contribution in [3.8, 4) is 0 Å². The molecule has 2 N–H and O–H groups in total. The maximum atomic E-state index is 13.5. The van der Waals surface area contributed by atoms with E-state index >= 15 is 0 Å². The highest BCUT2D eigenvalue weighted by molar-refractivity contribution is 5.87. The number of rotatable bonds is 7. The summed E-state index contributed by atoms with van der Waals surface area (Å²) in [5.74, 6) is -1.76. The van der Waals surface area contributed by atoms with Gasteiger partial charge in [0.05, 0.1) is 12.1 Å². The summed E-state index contributed by atoms with van der Waals surface area (Å²) in [6.45, 7) is 5.21. The van der Waals surface area contributed by atoms with Crippen molar-refractivity contribution in [3.63, 3.8) is 0 Å². The van der Waals surface area contributed by atoms with E-state index in [1.54, 1.807) is 18.0 Å². The normalized spacial score (nSPS) is 11.0. The van der Waals surface area contributed by atoms with E-state index in [9.17, 15) is 14.0 Å².